The molecule has 0 amide bonds. The van der Waals surface area contributed by atoms with E-state index in [9.17, 15) is 18.0 Å². The average Bonchev–Trinajstić information content (AvgIpc) is 2.69. The van der Waals surface area contributed by atoms with Crippen LogP contribution in [0.25, 0.3) is 10.2 Å². The molecule has 0 aliphatic rings. The van der Waals surface area contributed by atoms with Crippen molar-refractivity contribution in [3.63, 3.8) is 0 Å². The molecule has 3 nitrogen and oxygen atoms in total. The predicted octanol–water partition coefficient (Wildman–Crippen LogP) is 2.98. The van der Waals surface area contributed by atoms with Crippen molar-refractivity contribution in [1.29, 1.82) is 0 Å². The molecular weight excluding hydrogens is 267 g/mol. The number of carbonyl (C=O) groups is 1. The van der Waals surface area contributed by atoms with Gasteiger partial charge in [-0.2, -0.15) is 13.2 Å². The lowest BCUT2D eigenvalue weighted by atomic mass is 10.3. The minimum Gasteiger partial charge on any atom is -0.495 e. The number of ether oxygens (including phenoxy) is 1. The number of benzene rings is 1. The first-order valence-corrected chi connectivity index (χ1v) is 5.76. The number of rotatable bonds is 3. The maximum absolute atomic E-state index is 12.1. The summed E-state index contributed by atoms with van der Waals surface area (Å²) in [5, 5.41) is 0.136. The minimum atomic E-state index is -4.82. The normalized spacial score (nSPS) is 11.8. The number of carbonyl (C=O) groups excluding carboxylic acids is 1. The van der Waals surface area contributed by atoms with E-state index in [1.54, 1.807) is 18.2 Å². The lowest BCUT2D eigenvalue weighted by Gasteiger charge is -2.01. The molecule has 0 N–H and O–H groups in total. The molecule has 18 heavy (non-hydrogen) atoms. The molecule has 0 radical (unpaired) electrons. The standard InChI is InChI=1S/C11H8F3NO2S/c1-17-7-4-2-3-6-10(7)18-9(15-6)5-8(16)11(12,13)14/h2-4H,5H2,1H3. The molecular formula is C11H8F3NO2S. The van der Waals surface area contributed by atoms with Gasteiger partial charge in [0.15, 0.2) is 0 Å². The van der Waals surface area contributed by atoms with Gasteiger partial charge in [-0.3, -0.25) is 4.79 Å². The van der Waals surface area contributed by atoms with E-state index in [1.165, 1.54) is 7.11 Å². The molecule has 2 rings (SSSR count). The summed E-state index contributed by atoms with van der Waals surface area (Å²) in [5.74, 6) is -1.25. The number of alkyl halides is 3. The Morgan fingerprint density at radius 3 is 2.78 bits per heavy atom. The van der Waals surface area contributed by atoms with Crippen LogP contribution in [-0.4, -0.2) is 24.1 Å². The smallest absolute Gasteiger partial charge is 0.450 e. The SMILES string of the molecule is COc1cccc2nc(CC(=O)C(F)(F)F)sc12. The molecule has 0 aliphatic carbocycles. The average molecular weight is 275 g/mol. The van der Waals surface area contributed by atoms with E-state index >= 15 is 0 Å². The highest BCUT2D eigenvalue weighted by atomic mass is 32.1. The van der Waals surface area contributed by atoms with Crippen molar-refractivity contribution in [2.45, 2.75) is 12.6 Å². The van der Waals surface area contributed by atoms with Crippen molar-refractivity contribution in [3.8, 4) is 5.75 Å². The van der Waals surface area contributed by atoms with Crippen molar-refractivity contribution in [1.82, 2.24) is 4.98 Å². The van der Waals surface area contributed by atoms with E-state index in [-0.39, 0.29) is 5.01 Å². The van der Waals surface area contributed by atoms with Gasteiger partial charge in [-0.25, -0.2) is 4.98 Å². The van der Waals surface area contributed by atoms with Gasteiger partial charge in [0, 0.05) is 0 Å². The number of hydrogen-bond acceptors (Lipinski definition) is 4. The van der Waals surface area contributed by atoms with E-state index in [1.807, 2.05) is 0 Å². The fourth-order valence-electron chi connectivity index (χ4n) is 1.44. The molecule has 1 aromatic heterocycles. The predicted molar refractivity (Wildman–Crippen MR) is 60.9 cm³/mol. The van der Waals surface area contributed by atoms with E-state index in [2.05, 4.69) is 4.98 Å². The van der Waals surface area contributed by atoms with Crippen molar-refractivity contribution in [2.75, 3.05) is 7.11 Å². The number of Topliss-reactive ketones (excluding diaryl/α,β-unsaturated/α-hetero) is 1. The molecule has 0 aliphatic heterocycles. The quantitative estimate of drug-likeness (QED) is 0.864. The first-order chi connectivity index (χ1) is 8.41. The molecule has 1 heterocycles. The van der Waals surface area contributed by atoms with E-state index in [0.29, 0.717) is 16.0 Å². The fraction of sp³-hybridized carbons (Fsp3) is 0.273. The minimum absolute atomic E-state index is 0.136. The number of hydrogen-bond donors (Lipinski definition) is 0. The first kappa shape index (κ1) is 12.8. The maximum Gasteiger partial charge on any atom is 0.450 e. The molecule has 0 bridgehead atoms. The number of halogens is 3. The molecule has 2 aromatic rings. The van der Waals surface area contributed by atoms with Crippen LogP contribution in [0.4, 0.5) is 13.2 Å². The number of aromatic nitrogens is 1. The van der Waals surface area contributed by atoms with Gasteiger partial charge in [0.05, 0.1) is 23.7 Å². The van der Waals surface area contributed by atoms with Gasteiger partial charge >= 0.3 is 6.18 Å². The van der Waals surface area contributed by atoms with Gasteiger partial charge in [-0.05, 0) is 12.1 Å². The Morgan fingerprint density at radius 2 is 2.17 bits per heavy atom. The third kappa shape index (κ3) is 2.45. The highest BCUT2D eigenvalue weighted by Gasteiger charge is 2.38. The van der Waals surface area contributed by atoms with Crippen LogP contribution in [0.3, 0.4) is 0 Å². The largest absolute Gasteiger partial charge is 0.495 e. The summed E-state index contributed by atoms with van der Waals surface area (Å²) < 4.78 is 42.1. The van der Waals surface area contributed by atoms with Crippen LogP contribution in [0.15, 0.2) is 18.2 Å². The summed E-state index contributed by atoms with van der Waals surface area (Å²) >= 11 is 1.04. The lowest BCUT2D eigenvalue weighted by Crippen LogP contribution is -2.24. The summed E-state index contributed by atoms with van der Waals surface area (Å²) in [4.78, 5) is 14.9. The van der Waals surface area contributed by atoms with Crippen LogP contribution in [0.2, 0.25) is 0 Å². The highest BCUT2D eigenvalue weighted by molar-refractivity contribution is 7.19. The van der Waals surface area contributed by atoms with Gasteiger partial charge in [-0.15, -0.1) is 11.3 Å². The topological polar surface area (TPSA) is 39.2 Å². The van der Waals surface area contributed by atoms with Crippen LogP contribution < -0.4 is 4.74 Å². The van der Waals surface area contributed by atoms with Gasteiger partial charge in [0.1, 0.15) is 10.8 Å². The fourth-order valence-corrected chi connectivity index (χ4v) is 2.50. The third-order valence-corrected chi connectivity index (χ3v) is 3.36. The second-order valence-electron chi connectivity index (χ2n) is 3.51. The Morgan fingerprint density at radius 1 is 1.44 bits per heavy atom. The van der Waals surface area contributed by atoms with E-state index in [0.717, 1.165) is 11.3 Å². The highest BCUT2D eigenvalue weighted by Crippen LogP contribution is 2.32. The molecule has 0 unspecified atom stereocenters. The van der Waals surface area contributed by atoms with Crippen LogP contribution in [0, 0.1) is 0 Å². The van der Waals surface area contributed by atoms with Crippen molar-refractivity contribution >= 4 is 27.3 Å². The second kappa shape index (κ2) is 4.56. The number of thiazole rings is 1. The van der Waals surface area contributed by atoms with Gasteiger partial charge in [0.25, 0.3) is 0 Å². The van der Waals surface area contributed by atoms with E-state index < -0.39 is 18.4 Å². The Hall–Kier alpha value is -1.63. The van der Waals surface area contributed by atoms with Gasteiger partial charge in [-0.1, -0.05) is 6.07 Å². The Kier molecular flexibility index (Phi) is 3.25. The lowest BCUT2D eigenvalue weighted by molar-refractivity contribution is -0.170. The molecule has 96 valence electrons. The molecule has 0 atom stereocenters. The summed E-state index contributed by atoms with van der Waals surface area (Å²) in [6.07, 6.45) is -5.55. The van der Waals surface area contributed by atoms with E-state index in [4.69, 9.17) is 4.74 Å². The van der Waals surface area contributed by atoms with Crippen molar-refractivity contribution in [3.05, 3.63) is 23.2 Å². The molecule has 1 aromatic carbocycles. The van der Waals surface area contributed by atoms with Crippen LogP contribution in [-0.2, 0) is 11.2 Å². The second-order valence-corrected chi connectivity index (χ2v) is 4.60. The third-order valence-electron chi connectivity index (χ3n) is 2.27. The Bertz CT molecular complexity index is 591. The van der Waals surface area contributed by atoms with Crippen molar-refractivity contribution < 1.29 is 22.7 Å². The monoisotopic (exact) mass is 275 g/mol. The zero-order chi connectivity index (χ0) is 13.3. The van der Waals surface area contributed by atoms with Crippen LogP contribution in [0.5, 0.6) is 5.75 Å². The molecule has 0 saturated carbocycles. The zero-order valence-electron chi connectivity index (χ0n) is 9.25. The number of ketones is 1. The first-order valence-electron chi connectivity index (χ1n) is 4.94. The number of fused-ring (bicyclic) bond motifs is 1. The van der Waals surface area contributed by atoms with Gasteiger partial charge < -0.3 is 4.74 Å². The molecule has 7 heteroatoms. The summed E-state index contributed by atoms with van der Waals surface area (Å²) in [7, 11) is 1.47. The summed E-state index contributed by atoms with van der Waals surface area (Å²) in [5.41, 5.74) is 0.532. The number of methoxy groups -OCH3 is 1. The van der Waals surface area contributed by atoms with Crippen LogP contribution >= 0.6 is 11.3 Å². The Labute approximate surface area is 104 Å². The number of nitrogens with zero attached hydrogens (tertiary/aromatic N) is 1. The summed E-state index contributed by atoms with van der Waals surface area (Å²) in [6, 6.07) is 5.04. The van der Waals surface area contributed by atoms with Crippen molar-refractivity contribution in [2.24, 2.45) is 0 Å². The van der Waals surface area contributed by atoms with Gasteiger partial charge in [0.2, 0.25) is 5.78 Å². The summed E-state index contributed by atoms with van der Waals surface area (Å²) in [6.45, 7) is 0. The molecule has 0 fully saturated rings. The Balaban J connectivity index is 2.34. The van der Waals surface area contributed by atoms with Crippen LogP contribution in [0.1, 0.15) is 5.01 Å². The molecule has 0 spiro atoms. The molecule has 0 saturated heterocycles. The zero-order valence-corrected chi connectivity index (χ0v) is 10.1. The maximum atomic E-state index is 12.1.